The number of hydrogen-bond donors (Lipinski definition) is 0. The van der Waals surface area contributed by atoms with Gasteiger partial charge in [0.25, 0.3) is 0 Å². The molecule has 0 saturated carbocycles. The third-order valence-corrected chi connectivity index (χ3v) is 3.47. The van der Waals surface area contributed by atoms with Gasteiger partial charge < -0.3 is 9.47 Å². The lowest BCUT2D eigenvalue weighted by atomic mass is 10.1. The van der Waals surface area contributed by atoms with Crippen molar-refractivity contribution < 1.29 is 9.47 Å². The Bertz CT molecular complexity index is 455. The number of rotatable bonds is 1. The highest BCUT2D eigenvalue weighted by molar-refractivity contribution is 5.36. The van der Waals surface area contributed by atoms with Gasteiger partial charge in [0.15, 0.2) is 0 Å². The molecule has 0 aromatic carbocycles. The molecule has 5 heteroatoms. The summed E-state index contributed by atoms with van der Waals surface area (Å²) in [5.41, 5.74) is 2.76. The Hall–Kier alpha value is -1.38. The van der Waals surface area contributed by atoms with Gasteiger partial charge in [-0.3, -0.25) is 4.68 Å². The van der Waals surface area contributed by atoms with Crippen molar-refractivity contribution in [1.82, 2.24) is 9.78 Å². The molecule has 1 aromatic heterocycles. The zero-order valence-corrected chi connectivity index (χ0v) is 9.69. The van der Waals surface area contributed by atoms with Crippen molar-refractivity contribution in [2.45, 2.75) is 31.9 Å². The van der Waals surface area contributed by atoms with E-state index in [2.05, 4.69) is 11.2 Å². The van der Waals surface area contributed by atoms with Gasteiger partial charge in [0, 0.05) is 25.2 Å². The van der Waals surface area contributed by atoms with Crippen LogP contribution in [-0.4, -0.2) is 29.6 Å². The Kier molecular flexibility index (Phi) is 2.83. The molecule has 3 rings (SSSR count). The Labute approximate surface area is 99.9 Å². The predicted octanol–water partition coefficient (Wildman–Crippen LogP) is 1.18. The van der Waals surface area contributed by atoms with Crippen molar-refractivity contribution in [3.05, 3.63) is 17.0 Å². The molecule has 0 spiro atoms. The van der Waals surface area contributed by atoms with Crippen molar-refractivity contribution in [3.8, 4) is 6.07 Å². The molecule has 0 unspecified atom stereocenters. The normalized spacial score (nSPS) is 20.9. The molecule has 0 N–H and O–H groups in total. The lowest BCUT2D eigenvalue weighted by Crippen LogP contribution is -2.21. The van der Waals surface area contributed by atoms with Crippen LogP contribution in [0.4, 0.5) is 0 Å². The molecule has 1 fully saturated rings. The topological polar surface area (TPSA) is 60.1 Å². The van der Waals surface area contributed by atoms with Crippen LogP contribution >= 0.6 is 0 Å². The molecule has 17 heavy (non-hydrogen) atoms. The average molecular weight is 233 g/mol. The van der Waals surface area contributed by atoms with E-state index < -0.39 is 0 Å². The number of nitrogens with zero attached hydrogens (tertiary/aromatic N) is 3. The Morgan fingerprint density at radius 3 is 2.82 bits per heavy atom. The van der Waals surface area contributed by atoms with E-state index >= 15 is 0 Å². The second kappa shape index (κ2) is 4.47. The fourth-order valence-corrected chi connectivity index (χ4v) is 2.55. The lowest BCUT2D eigenvalue weighted by molar-refractivity contribution is 0.0654. The van der Waals surface area contributed by atoms with Crippen LogP contribution in [0.2, 0.25) is 0 Å². The lowest BCUT2D eigenvalue weighted by Gasteiger charge is -2.22. The second-order valence-electron chi connectivity index (χ2n) is 4.48. The average Bonchev–Trinajstić information content (AvgIpc) is 2.78. The summed E-state index contributed by atoms with van der Waals surface area (Å²) >= 11 is 0. The number of fused-ring (bicyclic) bond motifs is 1. The van der Waals surface area contributed by atoms with Gasteiger partial charge in [-0.05, 0) is 12.8 Å². The number of ether oxygens (including phenoxy) is 2. The van der Waals surface area contributed by atoms with Crippen LogP contribution in [0.15, 0.2) is 0 Å². The standard InChI is InChI=1S/C12H15N3O2/c13-7-12-10-3-6-17-8-11(10)14-15(12)9-1-4-16-5-2-9/h9H,1-6,8H2. The molecule has 0 aliphatic carbocycles. The molecule has 3 heterocycles. The maximum absolute atomic E-state index is 9.31. The first-order valence-electron chi connectivity index (χ1n) is 6.06. The van der Waals surface area contributed by atoms with Crippen LogP contribution in [0, 0.1) is 11.3 Å². The maximum Gasteiger partial charge on any atom is 0.142 e. The highest BCUT2D eigenvalue weighted by atomic mass is 16.5. The van der Waals surface area contributed by atoms with Gasteiger partial charge in [-0.2, -0.15) is 10.4 Å². The third-order valence-electron chi connectivity index (χ3n) is 3.47. The summed E-state index contributed by atoms with van der Waals surface area (Å²) in [5, 5.41) is 13.9. The van der Waals surface area contributed by atoms with Crippen molar-refractivity contribution in [1.29, 1.82) is 5.26 Å². The molecule has 1 aromatic rings. The first-order chi connectivity index (χ1) is 8.40. The molecule has 90 valence electrons. The molecule has 0 amide bonds. The molecule has 2 aliphatic rings. The second-order valence-corrected chi connectivity index (χ2v) is 4.48. The van der Waals surface area contributed by atoms with Gasteiger partial charge in [-0.15, -0.1) is 0 Å². The minimum Gasteiger partial charge on any atom is -0.381 e. The van der Waals surface area contributed by atoms with Gasteiger partial charge in [0.05, 0.1) is 24.9 Å². The van der Waals surface area contributed by atoms with Crippen molar-refractivity contribution in [2.75, 3.05) is 19.8 Å². The summed E-state index contributed by atoms with van der Waals surface area (Å²) in [7, 11) is 0. The number of aromatic nitrogens is 2. The summed E-state index contributed by atoms with van der Waals surface area (Å²) in [6.07, 6.45) is 2.69. The van der Waals surface area contributed by atoms with Gasteiger partial charge in [0.2, 0.25) is 0 Å². The van der Waals surface area contributed by atoms with Gasteiger partial charge in [-0.1, -0.05) is 0 Å². The smallest absolute Gasteiger partial charge is 0.142 e. The van der Waals surface area contributed by atoms with Gasteiger partial charge in [-0.25, -0.2) is 0 Å². The predicted molar refractivity (Wildman–Crippen MR) is 59.4 cm³/mol. The molecule has 0 bridgehead atoms. The highest BCUT2D eigenvalue weighted by Crippen LogP contribution is 2.27. The largest absolute Gasteiger partial charge is 0.381 e. The van der Waals surface area contributed by atoms with E-state index in [0.717, 1.165) is 49.4 Å². The first-order valence-corrected chi connectivity index (χ1v) is 6.06. The zero-order valence-electron chi connectivity index (χ0n) is 9.69. The van der Waals surface area contributed by atoms with E-state index in [-0.39, 0.29) is 0 Å². The van der Waals surface area contributed by atoms with Crippen LogP contribution in [0.3, 0.4) is 0 Å². The summed E-state index contributed by atoms with van der Waals surface area (Å²) in [6.45, 7) is 2.76. The van der Waals surface area contributed by atoms with Crippen molar-refractivity contribution in [2.24, 2.45) is 0 Å². The van der Waals surface area contributed by atoms with Gasteiger partial charge in [0.1, 0.15) is 11.8 Å². The van der Waals surface area contributed by atoms with E-state index in [0.29, 0.717) is 19.3 Å². The molecule has 1 saturated heterocycles. The fourth-order valence-electron chi connectivity index (χ4n) is 2.55. The van der Waals surface area contributed by atoms with Crippen molar-refractivity contribution in [3.63, 3.8) is 0 Å². The SMILES string of the molecule is N#Cc1c2c(nn1C1CCOCC1)COCC2. The Balaban J connectivity index is 1.98. The van der Waals surface area contributed by atoms with Crippen LogP contribution < -0.4 is 0 Å². The monoisotopic (exact) mass is 233 g/mol. The Morgan fingerprint density at radius 1 is 1.24 bits per heavy atom. The highest BCUT2D eigenvalue weighted by Gasteiger charge is 2.26. The van der Waals surface area contributed by atoms with Crippen LogP contribution in [0.1, 0.15) is 35.8 Å². The molecular formula is C12H15N3O2. The van der Waals surface area contributed by atoms with E-state index in [1.165, 1.54) is 0 Å². The van der Waals surface area contributed by atoms with Crippen LogP contribution in [-0.2, 0) is 22.5 Å². The van der Waals surface area contributed by atoms with E-state index in [1.54, 1.807) is 0 Å². The molecule has 0 radical (unpaired) electrons. The summed E-state index contributed by atoms with van der Waals surface area (Å²) in [6, 6.07) is 2.61. The number of hydrogen-bond acceptors (Lipinski definition) is 4. The summed E-state index contributed by atoms with van der Waals surface area (Å²) < 4.78 is 12.6. The Morgan fingerprint density at radius 2 is 2.06 bits per heavy atom. The summed E-state index contributed by atoms with van der Waals surface area (Å²) in [4.78, 5) is 0. The quantitative estimate of drug-likeness (QED) is 0.730. The third kappa shape index (κ3) is 1.84. The number of nitriles is 1. The molecule has 2 aliphatic heterocycles. The van der Waals surface area contributed by atoms with Crippen LogP contribution in [0.25, 0.3) is 0 Å². The molecule has 5 nitrogen and oxygen atoms in total. The minimum absolute atomic E-state index is 0.309. The van der Waals surface area contributed by atoms with Gasteiger partial charge >= 0.3 is 0 Å². The van der Waals surface area contributed by atoms with E-state index in [4.69, 9.17) is 9.47 Å². The molecular weight excluding hydrogens is 218 g/mol. The van der Waals surface area contributed by atoms with E-state index in [1.807, 2.05) is 4.68 Å². The van der Waals surface area contributed by atoms with Crippen molar-refractivity contribution >= 4 is 0 Å². The van der Waals surface area contributed by atoms with Crippen LogP contribution in [0.5, 0.6) is 0 Å². The minimum atomic E-state index is 0.309. The van der Waals surface area contributed by atoms with E-state index in [9.17, 15) is 5.26 Å². The first kappa shape index (κ1) is 10.8. The zero-order chi connectivity index (χ0) is 11.7. The summed E-state index contributed by atoms with van der Waals surface area (Å²) in [5.74, 6) is 0. The molecule has 0 atom stereocenters. The fraction of sp³-hybridized carbons (Fsp3) is 0.667. The maximum atomic E-state index is 9.31.